The molecule has 12 nitrogen and oxygen atoms in total. The number of halogens is 2. The third kappa shape index (κ3) is 5.93. The quantitative estimate of drug-likeness (QED) is 0.176. The number of aryl methyl sites for hydroxylation is 2. The number of pyridine rings is 2. The predicted octanol–water partition coefficient (Wildman–Crippen LogP) is 5.96. The van der Waals surface area contributed by atoms with Gasteiger partial charge in [0.1, 0.15) is 5.82 Å². The summed E-state index contributed by atoms with van der Waals surface area (Å²) < 4.78 is 7.23. The van der Waals surface area contributed by atoms with Crippen LogP contribution in [0.3, 0.4) is 0 Å². The molecule has 2 amide bonds. The fourth-order valence-electron chi connectivity index (χ4n) is 8.04. The minimum Gasteiger partial charge on any atom is -0.481 e. The Morgan fingerprint density at radius 1 is 1.06 bits per heavy atom. The summed E-state index contributed by atoms with van der Waals surface area (Å²) in [6.07, 6.45) is 6.76. The first-order valence-electron chi connectivity index (χ1n) is 17.4. The summed E-state index contributed by atoms with van der Waals surface area (Å²) >= 11 is 14.2. The number of amides is 2. The van der Waals surface area contributed by atoms with Crippen molar-refractivity contribution in [3.63, 3.8) is 0 Å². The molecule has 52 heavy (non-hydrogen) atoms. The van der Waals surface area contributed by atoms with E-state index in [4.69, 9.17) is 32.9 Å². The molecule has 268 valence electrons. The summed E-state index contributed by atoms with van der Waals surface area (Å²) in [4.78, 5) is 39.3. The Labute approximate surface area is 310 Å². The number of aliphatic hydroxyl groups excluding tert-OH is 1. The van der Waals surface area contributed by atoms with Crippen molar-refractivity contribution in [2.75, 3.05) is 45.2 Å². The van der Waals surface area contributed by atoms with Crippen LogP contribution in [0.1, 0.15) is 36.4 Å². The maximum absolute atomic E-state index is 13.0. The lowest BCUT2D eigenvalue weighted by Crippen LogP contribution is -2.61. The summed E-state index contributed by atoms with van der Waals surface area (Å²) in [7, 11) is 3.25. The molecular weight excluding hydrogens is 703 g/mol. The number of aromatic nitrogens is 4. The van der Waals surface area contributed by atoms with Crippen molar-refractivity contribution in [3.8, 4) is 28.3 Å². The number of carbonyl (C=O) groups is 1. The Morgan fingerprint density at radius 2 is 1.83 bits per heavy atom. The Morgan fingerprint density at radius 3 is 2.62 bits per heavy atom. The molecule has 2 aliphatic heterocycles. The topological polar surface area (TPSA) is 138 Å². The standard InChI is InChI=1S/C38H38Cl2N8O4/c1-46-36(50)31-23(20-42-46)11-14-41-34(31)43-27-8-4-6-25(33(27)40)24-5-3-7-26(32(24)39)28-19-22-9-10-29(30(22)35(44-28)52-2)48-16-13-38(21-48)12-15-47(17-18-49)37(51)45-38/h3-8,11,14,19-20,29,49H,9-10,12-13,15-18,21H2,1-2H3,(H,41,43)(H,45,51)/t29-,38-/m0/s1. The SMILES string of the molecule is COc1nc(-c2cccc(-c3cccc(Nc4nccc5cnn(C)c(=O)c45)c3Cl)c2Cl)cc2c1[C@@H](N1CC[C@@]3(CCN(CCO)C(=O)N3)C1)CC2. The summed E-state index contributed by atoms with van der Waals surface area (Å²) in [5, 5.41) is 22.0. The molecule has 5 aromatic rings. The lowest BCUT2D eigenvalue weighted by atomic mass is 9.92. The number of methoxy groups -OCH3 is 1. The van der Waals surface area contributed by atoms with Crippen LogP contribution in [-0.4, -0.2) is 86.1 Å². The van der Waals surface area contributed by atoms with Gasteiger partial charge in [0.15, 0.2) is 0 Å². The van der Waals surface area contributed by atoms with Crippen molar-refractivity contribution in [1.29, 1.82) is 0 Å². The van der Waals surface area contributed by atoms with Crippen LogP contribution in [0.2, 0.25) is 10.0 Å². The Bertz CT molecular complexity index is 2280. The van der Waals surface area contributed by atoms with Crippen LogP contribution in [0, 0.1) is 0 Å². The number of urea groups is 1. The maximum atomic E-state index is 13.0. The van der Waals surface area contributed by atoms with Gasteiger partial charge in [-0.3, -0.25) is 9.69 Å². The highest BCUT2D eigenvalue weighted by Gasteiger charge is 2.46. The molecule has 2 fully saturated rings. The number of nitrogens with one attached hydrogen (secondary N) is 2. The molecule has 0 radical (unpaired) electrons. The lowest BCUT2D eigenvalue weighted by Gasteiger charge is -2.40. The highest BCUT2D eigenvalue weighted by Crippen LogP contribution is 2.47. The van der Waals surface area contributed by atoms with Gasteiger partial charge in [-0.15, -0.1) is 0 Å². The van der Waals surface area contributed by atoms with Crippen molar-refractivity contribution >= 4 is 51.5 Å². The average molecular weight is 742 g/mol. The molecular formula is C38H38Cl2N8O4. The molecule has 1 spiro atoms. The number of hydrogen-bond donors (Lipinski definition) is 3. The van der Waals surface area contributed by atoms with Crippen LogP contribution in [-0.2, 0) is 13.5 Å². The molecule has 2 atom stereocenters. The van der Waals surface area contributed by atoms with Gasteiger partial charge in [-0.1, -0.05) is 53.5 Å². The second-order valence-corrected chi connectivity index (χ2v) is 14.4. The van der Waals surface area contributed by atoms with Gasteiger partial charge in [0.2, 0.25) is 5.88 Å². The predicted molar refractivity (Wildman–Crippen MR) is 202 cm³/mol. The second-order valence-electron chi connectivity index (χ2n) is 13.7. The highest BCUT2D eigenvalue weighted by molar-refractivity contribution is 6.39. The number of fused-ring (bicyclic) bond motifs is 2. The molecule has 3 N–H and O–H groups in total. The zero-order chi connectivity index (χ0) is 36.1. The van der Waals surface area contributed by atoms with Crippen molar-refractivity contribution in [1.82, 2.24) is 34.9 Å². The number of anilines is 2. The summed E-state index contributed by atoms with van der Waals surface area (Å²) in [5.74, 6) is 0.955. The smallest absolute Gasteiger partial charge is 0.317 e. The third-order valence-corrected chi connectivity index (χ3v) is 11.5. The van der Waals surface area contributed by atoms with E-state index in [2.05, 4.69) is 31.7 Å². The van der Waals surface area contributed by atoms with E-state index in [1.54, 1.807) is 37.5 Å². The van der Waals surface area contributed by atoms with E-state index in [9.17, 15) is 14.7 Å². The van der Waals surface area contributed by atoms with E-state index in [1.165, 1.54) is 10.2 Å². The lowest BCUT2D eigenvalue weighted by molar-refractivity contribution is 0.127. The molecule has 0 bridgehead atoms. The van der Waals surface area contributed by atoms with Gasteiger partial charge in [0.25, 0.3) is 5.56 Å². The van der Waals surface area contributed by atoms with Crippen molar-refractivity contribution in [3.05, 3.63) is 92.5 Å². The van der Waals surface area contributed by atoms with Crippen molar-refractivity contribution in [2.24, 2.45) is 7.05 Å². The van der Waals surface area contributed by atoms with Gasteiger partial charge in [-0.25, -0.2) is 19.4 Å². The Balaban J connectivity index is 1.08. The minimum atomic E-state index is -0.270. The number of likely N-dealkylation sites (tertiary alicyclic amines) is 1. The molecule has 3 aromatic heterocycles. The zero-order valence-corrected chi connectivity index (χ0v) is 30.3. The molecule has 0 unspecified atom stereocenters. The van der Waals surface area contributed by atoms with Crippen LogP contribution in [0.4, 0.5) is 16.3 Å². The fourth-order valence-corrected chi connectivity index (χ4v) is 8.64. The zero-order valence-electron chi connectivity index (χ0n) is 28.8. The number of benzene rings is 2. The number of nitrogens with zero attached hydrogens (tertiary/aromatic N) is 6. The van der Waals surface area contributed by atoms with Gasteiger partial charge in [0.05, 0.1) is 52.3 Å². The summed E-state index contributed by atoms with van der Waals surface area (Å²) in [6.45, 7) is 2.57. The maximum Gasteiger partial charge on any atom is 0.317 e. The van der Waals surface area contributed by atoms with Crippen LogP contribution < -0.4 is 20.9 Å². The Hall–Kier alpha value is -4.75. The fraction of sp³-hybridized carbons (Fsp3) is 0.342. The van der Waals surface area contributed by atoms with Crippen molar-refractivity contribution < 1.29 is 14.6 Å². The third-order valence-electron chi connectivity index (χ3n) is 10.7. The van der Waals surface area contributed by atoms with E-state index in [0.717, 1.165) is 55.5 Å². The number of rotatable bonds is 8. The monoisotopic (exact) mass is 740 g/mol. The molecule has 1 aliphatic carbocycles. The molecule has 2 saturated heterocycles. The number of carbonyl (C=O) groups excluding carboxylic acids is 1. The largest absolute Gasteiger partial charge is 0.481 e. The molecule has 3 aliphatic rings. The van der Waals surface area contributed by atoms with E-state index in [1.807, 2.05) is 36.4 Å². The van der Waals surface area contributed by atoms with Crippen LogP contribution >= 0.6 is 23.2 Å². The number of aliphatic hydroxyl groups is 1. The first-order valence-corrected chi connectivity index (χ1v) is 18.1. The van der Waals surface area contributed by atoms with Crippen molar-refractivity contribution in [2.45, 2.75) is 37.3 Å². The van der Waals surface area contributed by atoms with E-state index in [0.29, 0.717) is 62.5 Å². The molecule has 8 rings (SSSR count). The molecule has 0 saturated carbocycles. The Kier molecular flexibility index (Phi) is 9.02. The van der Waals surface area contributed by atoms with Crippen LogP contribution in [0.25, 0.3) is 33.2 Å². The first-order chi connectivity index (χ1) is 25.2. The van der Waals surface area contributed by atoms with Gasteiger partial charge < -0.3 is 25.4 Å². The van der Waals surface area contributed by atoms with Crippen LogP contribution in [0.15, 0.2) is 65.7 Å². The normalized spacial score (nSPS) is 20.1. The minimum absolute atomic E-state index is 0.0405. The first kappa shape index (κ1) is 34.3. The van der Waals surface area contributed by atoms with Crippen LogP contribution in [0.5, 0.6) is 5.88 Å². The number of hydrogen-bond acceptors (Lipinski definition) is 9. The molecule has 2 aromatic carbocycles. The van der Waals surface area contributed by atoms with Gasteiger partial charge >= 0.3 is 6.03 Å². The molecule has 5 heterocycles. The van der Waals surface area contributed by atoms with Gasteiger partial charge in [-0.2, -0.15) is 5.10 Å². The summed E-state index contributed by atoms with van der Waals surface area (Å²) in [6, 6.07) is 15.3. The second kappa shape index (κ2) is 13.7. The van der Waals surface area contributed by atoms with Gasteiger partial charge in [-0.05, 0) is 49.4 Å². The highest BCUT2D eigenvalue weighted by atomic mass is 35.5. The summed E-state index contributed by atoms with van der Waals surface area (Å²) in [5.41, 5.74) is 5.19. The number of β-amino-alcohol motifs (C(OH)–C–C–N with tert-alkyl or cyclic N) is 1. The average Bonchev–Trinajstić information content (AvgIpc) is 3.76. The number of ether oxygens (including phenoxy) is 1. The van der Waals surface area contributed by atoms with E-state index in [-0.39, 0.29) is 29.8 Å². The van der Waals surface area contributed by atoms with E-state index < -0.39 is 0 Å². The molecule has 14 heteroatoms. The van der Waals surface area contributed by atoms with E-state index >= 15 is 0 Å². The van der Waals surface area contributed by atoms with Gasteiger partial charge in [0, 0.05) is 73.1 Å².